The number of likely N-dealkylation sites (tertiary alicyclic amines) is 1. The first-order valence-electron chi connectivity index (χ1n) is 8.38. The van der Waals surface area contributed by atoms with Gasteiger partial charge in [-0.3, -0.25) is 0 Å². The Hall–Kier alpha value is -1.82. The maximum absolute atomic E-state index is 12.5. The van der Waals surface area contributed by atoms with Gasteiger partial charge in [0.1, 0.15) is 11.4 Å². The second-order valence-corrected chi connectivity index (χ2v) is 7.50. The highest BCUT2D eigenvalue weighted by atomic mass is 16.6. The maximum Gasteiger partial charge on any atom is 0.410 e. The number of aryl methyl sites for hydroxylation is 2. The predicted molar refractivity (Wildman–Crippen MR) is 94.3 cm³/mol. The second-order valence-electron chi connectivity index (χ2n) is 7.50. The number of amides is 1. The number of aromatic nitrogens is 1. The van der Waals surface area contributed by atoms with Gasteiger partial charge in [0, 0.05) is 25.9 Å². The number of hydrogen-bond acceptors (Lipinski definition) is 5. The van der Waals surface area contributed by atoms with Crippen molar-refractivity contribution >= 4 is 11.9 Å². The van der Waals surface area contributed by atoms with Gasteiger partial charge < -0.3 is 19.7 Å². The minimum Gasteiger partial charge on any atom is -0.444 e. The van der Waals surface area contributed by atoms with Gasteiger partial charge in [0.05, 0.1) is 12.6 Å². The Labute approximate surface area is 144 Å². The number of carbonyl (C=O) groups is 1. The Bertz CT molecular complexity index is 583. The van der Waals surface area contributed by atoms with Crippen molar-refractivity contribution < 1.29 is 14.3 Å². The molecular weight excluding hydrogens is 306 g/mol. The number of nitrogens with one attached hydrogen (secondary N) is 1. The Morgan fingerprint density at radius 1 is 1.42 bits per heavy atom. The molecule has 0 unspecified atom stereocenters. The van der Waals surface area contributed by atoms with Gasteiger partial charge >= 0.3 is 6.09 Å². The lowest BCUT2D eigenvalue weighted by Gasteiger charge is -2.28. The summed E-state index contributed by atoms with van der Waals surface area (Å²) in [6.07, 6.45) is 2.37. The molecule has 0 aromatic carbocycles. The number of rotatable bonds is 4. The van der Waals surface area contributed by atoms with Crippen LogP contribution in [0.5, 0.6) is 0 Å². The normalized spacial score (nSPS) is 21.0. The van der Waals surface area contributed by atoms with Crippen LogP contribution in [0.4, 0.5) is 10.6 Å². The average molecular weight is 335 g/mol. The third-order valence-corrected chi connectivity index (χ3v) is 3.96. The Morgan fingerprint density at radius 2 is 2.12 bits per heavy atom. The lowest BCUT2D eigenvalue weighted by atomic mass is 10.1. The number of carbonyl (C=O) groups excluding carboxylic acids is 1. The monoisotopic (exact) mass is 335 g/mol. The molecule has 2 atom stereocenters. The zero-order chi connectivity index (χ0) is 17.9. The molecule has 1 N–H and O–H groups in total. The van der Waals surface area contributed by atoms with Crippen molar-refractivity contribution in [3.8, 4) is 0 Å². The summed E-state index contributed by atoms with van der Waals surface area (Å²) >= 11 is 0. The molecule has 6 nitrogen and oxygen atoms in total. The molecule has 0 bridgehead atoms. The van der Waals surface area contributed by atoms with Gasteiger partial charge in [-0.2, -0.15) is 0 Å². The minimum atomic E-state index is -0.505. The largest absolute Gasteiger partial charge is 0.444 e. The molecule has 1 aliphatic rings. The van der Waals surface area contributed by atoms with Gasteiger partial charge in [0.2, 0.25) is 0 Å². The summed E-state index contributed by atoms with van der Waals surface area (Å²) in [4.78, 5) is 18.7. The topological polar surface area (TPSA) is 63.7 Å². The zero-order valence-electron chi connectivity index (χ0n) is 15.5. The van der Waals surface area contributed by atoms with E-state index in [1.165, 1.54) is 0 Å². The van der Waals surface area contributed by atoms with E-state index >= 15 is 0 Å². The van der Waals surface area contributed by atoms with E-state index in [-0.39, 0.29) is 18.2 Å². The number of pyridine rings is 1. The number of anilines is 1. The van der Waals surface area contributed by atoms with E-state index in [9.17, 15) is 4.79 Å². The molecule has 134 valence electrons. The quantitative estimate of drug-likeness (QED) is 0.916. The fourth-order valence-electron chi connectivity index (χ4n) is 2.98. The molecule has 6 heteroatoms. The van der Waals surface area contributed by atoms with E-state index in [2.05, 4.69) is 16.4 Å². The predicted octanol–water partition coefficient (Wildman–Crippen LogP) is 3.13. The van der Waals surface area contributed by atoms with Crippen LogP contribution in [0, 0.1) is 13.8 Å². The van der Waals surface area contributed by atoms with Gasteiger partial charge in [0.25, 0.3) is 0 Å². The van der Waals surface area contributed by atoms with Gasteiger partial charge in [-0.15, -0.1) is 0 Å². The summed E-state index contributed by atoms with van der Waals surface area (Å²) in [6.45, 7) is 10.8. The van der Waals surface area contributed by atoms with Gasteiger partial charge in [-0.1, -0.05) is 6.07 Å². The lowest BCUT2D eigenvalue weighted by Crippen LogP contribution is -2.42. The Morgan fingerprint density at radius 3 is 2.71 bits per heavy atom. The molecule has 1 aromatic heterocycles. The third-order valence-electron chi connectivity index (χ3n) is 3.96. The Kier molecular flexibility index (Phi) is 5.70. The van der Waals surface area contributed by atoms with E-state index in [1.807, 2.05) is 40.8 Å². The summed E-state index contributed by atoms with van der Waals surface area (Å²) < 4.78 is 10.8. The molecule has 1 amide bonds. The van der Waals surface area contributed by atoms with Crippen molar-refractivity contribution in [1.82, 2.24) is 9.88 Å². The Balaban J connectivity index is 2.07. The number of ether oxygens (including phenoxy) is 2. The smallest absolute Gasteiger partial charge is 0.410 e. The van der Waals surface area contributed by atoms with Crippen LogP contribution in [0.1, 0.15) is 38.3 Å². The lowest BCUT2D eigenvalue weighted by molar-refractivity contribution is 0.0148. The maximum atomic E-state index is 12.5. The summed E-state index contributed by atoms with van der Waals surface area (Å²) in [6, 6.07) is 2.24. The van der Waals surface area contributed by atoms with Gasteiger partial charge in [-0.25, -0.2) is 9.78 Å². The van der Waals surface area contributed by atoms with Crippen molar-refractivity contribution in [3.05, 3.63) is 23.4 Å². The van der Waals surface area contributed by atoms with E-state index in [1.54, 1.807) is 12.0 Å². The zero-order valence-corrected chi connectivity index (χ0v) is 15.5. The summed E-state index contributed by atoms with van der Waals surface area (Å²) in [5.74, 6) is 0.868. The SMILES string of the molecule is COC[C@@H]1C[C@H](Nc2ncc(C)cc2C)CN1C(=O)OC(C)(C)C. The molecule has 1 saturated heterocycles. The van der Waals surface area contributed by atoms with E-state index in [4.69, 9.17) is 9.47 Å². The van der Waals surface area contributed by atoms with E-state index in [0.29, 0.717) is 13.2 Å². The summed E-state index contributed by atoms with van der Waals surface area (Å²) in [5, 5.41) is 3.46. The first-order chi connectivity index (χ1) is 11.2. The fraction of sp³-hybridized carbons (Fsp3) is 0.667. The van der Waals surface area contributed by atoms with Gasteiger partial charge in [0.15, 0.2) is 0 Å². The van der Waals surface area contributed by atoms with Gasteiger partial charge in [-0.05, 0) is 52.2 Å². The van der Waals surface area contributed by atoms with Crippen LogP contribution in [0.3, 0.4) is 0 Å². The average Bonchev–Trinajstić information content (AvgIpc) is 2.83. The van der Waals surface area contributed by atoms with Crippen molar-refractivity contribution in [2.24, 2.45) is 0 Å². The van der Waals surface area contributed by atoms with Crippen molar-refractivity contribution in [1.29, 1.82) is 0 Å². The van der Waals surface area contributed by atoms with Crippen LogP contribution in [0.25, 0.3) is 0 Å². The first kappa shape index (κ1) is 18.5. The highest BCUT2D eigenvalue weighted by Gasteiger charge is 2.37. The highest BCUT2D eigenvalue weighted by Crippen LogP contribution is 2.24. The van der Waals surface area contributed by atoms with E-state index < -0.39 is 5.60 Å². The standard InChI is InChI=1S/C18H29N3O3/c1-12-7-13(2)16(19-9-12)20-14-8-15(11-23-6)21(10-14)17(22)24-18(3,4)5/h7,9,14-15H,8,10-11H2,1-6H3,(H,19,20)/t14-,15-/m0/s1. The summed E-state index contributed by atoms with van der Waals surface area (Å²) in [7, 11) is 1.65. The van der Waals surface area contributed by atoms with Crippen LogP contribution in [0.15, 0.2) is 12.3 Å². The number of methoxy groups -OCH3 is 1. The van der Waals surface area contributed by atoms with Crippen LogP contribution < -0.4 is 5.32 Å². The molecular formula is C18H29N3O3. The number of nitrogens with zero attached hydrogens (tertiary/aromatic N) is 2. The van der Waals surface area contributed by atoms with E-state index in [0.717, 1.165) is 23.4 Å². The molecule has 1 aliphatic heterocycles. The van der Waals surface area contributed by atoms with Crippen LogP contribution in [-0.2, 0) is 9.47 Å². The van der Waals surface area contributed by atoms with Crippen LogP contribution >= 0.6 is 0 Å². The fourth-order valence-corrected chi connectivity index (χ4v) is 2.98. The van der Waals surface area contributed by atoms with Crippen molar-refractivity contribution in [2.75, 3.05) is 25.6 Å². The van der Waals surface area contributed by atoms with Crippen molar-refractivity contribution in [3.63, 3.8) is 0 Å². The molecule has 1 fully saturated rings. The molecule has 24 heavy (non-hydrogen) atoms. The van der Waals surface area contributed by atoms with Crippen molar-refractivity contribution in [2.45, 2.75) is 58.7 Å². The highest BCUT2D eigenvalue weighted by molar-refractivity contribution is 5.69. The minimum absolute atomic E-state index is 0.00750. The molecule has 2 heterocycles. The molecule has 1 aromatic rings. The third kappa shape index (κ3) is 4.84. The molecule has 0 saturated carbocycles. The first-order valence-corrected chi connectivity index (χ1v) is 8.38. The molecule has 0 radical (unpaired) electrons. The number of hydrogen-bond donors (Lipinski definition) is 1. The second kappa shape index (κ2) is 7.38. The van der Waals surface area contributed by atoms with Crippen LogP contribution in [0.2, 0.25) is 0 Å². The molecule has 2 rings (SSSR count). The van der Waals surface area contributed by atoms with Crippen LogP contribution in [-0.4, -0.2) is 53.9 Å². The molecule has 0 spiro atoms. The molecule has 0 aliphatic carbocycles. The summed E-state index contributed by atoms with van der Waals surface area (Å²) in [5.41, 5.74) is 1.74.